The second-order valence-corrected chi connectivity index (χ2v) is 6.16. The number of anilines is 1. The van der Waals surface area contributed by atoms with Crippen LogP contribution in [0.4, 0.5) is 10.3 Å². The molecule has 1 heterocycles. The van der Waals surface area contributed by atoms with Gasteiger partial charge in [-0.05, 0) is 42.8 Å². The number of aromatic nitrogens is 2. The minimum absolute atomic E-state index is 0.254. The number of fused-ring (bicyclic) bond motifs is 1. The van der Waals surface area contributed by atoms with Crippen LogP contribution in [-0.4, -0.2) is 11.2 Å². The molecule has 0 spiro atoms. The number of imidazole rings is 1. The van der Waals surface area contributed by atoms with Crippen LogP contribution in [0.2, 0.25) is 0 Å². The van der Waals surface area contributed by atoms with E-state index in [2.05, 4.69) is 28.2 Å². The molecule has 1 aromatic heterocycles. The smallest absolute Gasteiger partial charge is 0.356 e. The molecule has 3 rings (SSSR count). The van der Waals surface area contributed by atoms with Gasteiger partial charge in [-0.3, -0.25) is 5.73 Å². The van der Waals surface area contributed by atoms with Crippen molar-refractivity contribution in [2.75, 3.05) is 12.3 Å². The Labute approximate surface area is 147 Å². The van der Waals surface area contributed by atoms with Crippen LogP contribution in [0.3, 0.4) is 0 Å². The van der Waals surface area contributed by atoms with Crippen LogP contribution < -0.4 is 15.0 Å². The van der Waals surface area contributed by atoms with Gasteiger partial charge in [-0.25, -0.2) is 13.5 Å². The summed E-state index contributed by atoms with van der Waals surface area (Å²) >= 11 is 0. The van der Waals surface area contributed by atoms with E-state index in [0.717, 1.165) is 43.8 Å². The quantitative estimate of drug-likeness (QED) is 0.498. The topological polar surface area (TPSA) is 44.1 Å². The maximum Gasteiger partial charge on any atom is 0.356 e. The highest BCUT2D eigenvalue weighted by atomic mass is 19.1. The number of nitrogen functional groups attached to an aromatic ring is 1. The van der Waals surface area contributed by atoms with Crippen molar-refractivity contribution < 1.29 is 13.7 Å². The predicted molar refractivity (Wildman–Crippen MR) is 98.0 cm³/mol. The number of para-hydroxylation sites is 2. The summed E-state index contributed by atoms with van der Waals surface area (Å²) in [5.41, 5.74) is 8.74. The molecule has 3 aromatic rings. The maximum absolute atomic E-state index is 12.9. The molecule has 2 aromatic carbocycles. The zero-order chi connectivity index (χ0) is 17.6. The number of aryl methyl sites for hydroxylation is 2. The molecule has 0 aliphatic rings. The Morgan fingerprint density at radius 3 is 2.60 bits per heavy atom. The van der Waals surface area contributed by atoms with Gasteiger partial charge in [-0.1, -0.05) is 25.5 Å². The van der Waals surface area contributed by atoms with Crippen molar-refractivity contribution in [1.29, 1.82) is 0 Å². The largest absolute Gasteiger partial charge is 0.493 e. The highest BCUT2D eigenvalue weighted by molar-refractivity contribution is 5.73. The van der Waals surface area contributed by atoms with Gasteiger partial charge in [0.05, 0.1) is 19.7 Å². The summed E-state index contributed by atoms with van der Waals surface area (Å²) in [6, 6.07) is 14.4. The molecule has 0 aliphatic heterocycles. The molecule has 132 valence electrons. The number of unbranched alkanes of at least 4 members (excludes halogenated alkanes) is 1. The van der Waals surface area contributed by atoms with E-state index in [-0.39, 0.29) is 5.82 Å². The Morgan fingerprint density at radius 2 is 1.84 bits per heavy atom. The summed E-state index contributed by atoms with van der Waals surface area (Å²) in [6.45, 7) is 4.46. The molecule has 0 amide bonds. The average Bonchev–Trinajstić information content (AvgIpc) is 2.90. The molecule has 0 atom stereocenters. The first-order valence-corrected chi connectivity index (χ1v) is 8.85. The van der Waals surface area contributed by atoms with Crippen LogP contribution in [0.5, 0.6) is 5.75 Å². The van der Waals surface area contributed by atoms with Crippen molar-refractivity contribution in [2.45, 2.75) is 39.3 Å². The number of nitrogens with two attached hydrogens (primary N) is 1. The van der Waals surface area contributed by atoms with E-state index in [1.807, 2.05) is 12.1 Å². The fourth-order valence-corrected chi connectivity index (χ4v) is 3.04. The fourth-order valence-electron chi connectivity index (χ4n) is 3.04. The lowest BCUT2D eigenvalue weighted by Gasteiger charge is -2.06. The van der Waals surface area contributed by atoms with E-state index < -0.39 is 0 Å². The number of halogens is 1. The third-order valence-corrected chi connectivity index (χ3v) is 4.36. The van der Waals surface area contributed by atoms with Gasteiger partial charge in [0.15, 0.2) is 0 Å². The van der Waals surface area contributed by atoms with E-state index in [9.17, 15) is 4.39 Å². The molecule has 25 heavy (non-hydrogen) atoms. The van der Waals surface area contributed by atoms with Crippen molar-refractivity contribution in [2.24, 2.45) is 0 Å². The molecule has 0 aliphatic carbocycles. The van der Waals surface area contributed by atoms with Crippen LogP contribution in [0.15, 0.2) is 48.5 Å². The minimum atomic E-state index is -0.254. The van der Waals surface area contributed by atoms with Crippen molar-refractivity contribution in [3.05, 3.63) is 54.3 Å². The Bertz CT molecular complexity index is 827. The van der Waals surface area contributed by atoms with Crippen molar-refractivity contribution >= 4 is 17.0 Å². The Kier molecular flexibility index (Phi) is 5.53. The molecule has 2 N–H and O–H groups in total. The van der Waals surface area contributed by atoms with E-state index in [1.54, 1.807) is 12.1 Å². The summed E-state index contributed by atoms with van der Waals surface area (Å²) in [7, 11) is 0. The van der Waals surface area contributed by atoms with Gasteiger partial charge in [-0.2, -0.15) is 0 Å². The summed E-state index contributed by atoms with van der Waals surface area (Å²) in [5.74, 6) is 1.22. The number of nitrogens with zero attached hydrogens (tertiary/aromatic N) is 2. The zero-order valence-corrected chi connectivity index (χ0v) is 14.6. The number of rotatable bonds is 8. The lowest BCUT2D eigenvalue weighted by molar-refractivity contribution is -0.657. The van der Waals surface area contributed by atoms with Gasteiger partial charge in [0, 0.05) is 6.42 Å². The molecular formula is C20H25FN3O+. The Balaban J connectivity index is 1.68. The fraction of sp³-hybridized carbons (Fsp3) is 0.350. The highest BCUT2D eigenvalue weighted by Crippen LogP contribution is 2.17. The second-order valence-electron chi connectivity index (χ2n) is 6.16. The van der Waals surface area contributed by atoms with E-state index in [1.165, 1.54) is 17.6 Å². The SMILES string of the molecule is CCCCn1c(N)[n+](CCCOc2ccc(F)cc2)c2ccccc21. The first-order valence-electron chi connectivity index (χ1n) is 8.85. The molecule has 5 heteroatoms. The Hall–Kier alpha value is -2.56. The third kappa shape index (κ3) is 3.92. The van der Waals surface area contributed by atoms with Crippen LogP contribution >= 0.6 is 0 Å². The van der Waals surface area contributed by atoms with Crippen LogP contribution in [0.1, 0.15) is 26.2 Å². The van der Waals surface area contributed by atoms with Gasteiger partial charge in [0.2, 0.25) is 0 Å². The highest BCUT2D eigenvalue weighted by Gasteiger charge is 2.19. The number of hydrogen-bond donors (Lipinski definition) is 1. The standard InChI is InChI=1S/C20H24FN3O/c1-2-3-13-23-18-7-4-5-8-19(18)24(20(23)22)14-6-15-25-17-11-9-16(21)10-12-17/h4-5,7-12,22H,2-3,6,13-15H2,1H3/p+1. The molecule has 0 radical (unpaired) electrons. The summed E-state index contributed by atoms with van der Waals surface area (Å²) in [5, 5.41) is 0. The number of hydrogen-bond acceptors (Lipinski definition) is 2. The first kappa shape index (κ1) is 17.3. The molecule has 0 saturated heterocycles. The van der Waals surface area contributed by atoms with Crippen LogP contribution in [0.25, 0.3) is 11.0 Å². The van der Waals surface area contributed by atoms with E-state index >= 15 is 0 Å². The van der Waals surface area contributed by atoms with Crippen LogP contribution in [0, 0.1) is 5.82 Å². The van der Waals surface area contributed by atoms with Crippen LogP contribution in [-0.2, 0) is 13.1 Å². The van der Waals surface area contributed by atoms with Gasteiger partial charge in [-0.15, -0.1) is 0 Å². The van der Waals surface area contributed by atoms with Gasteiger partial charge < -0.3 is 4.74 Å². The molecular weight excluding hydrogens is 317 g/mol. The average molecular weight is 342 g/mol. The lowest BCUT2D eigenvalue weighted by Crippen LogP contribution is -2.37. The zero-order valence-electron chi connectivity index (χ0n) is 14.6. The normalized spacial score (nSPS) is 11.1. The van der Waals surface area contributed by atoms with Gasteiger partial charge in [0.1, 0.15) is 22.6 Å². The van der Waals surface area contributed by atoms with Crippen molar-refractivity contribution in [3.63, 3.8) is 0 Å². The molecule has 0 saturated carbocycles. The lowest BCUT2D eigenvalue weighted by atomic mass is 10.3. The summed E-state index contributed by atoms with van der Waals surface area (Å²) in [6.07, 6.45) is 3.07. The summed E-state index contributed by atoms with van der Waals surface area (Å²) < 4.78 is 22.9. The second kappa shape index (κ2) is 8.01. The molecule has 0 fully saturated rings. The number of benzene rings is 2. The van der Waals surface area contributed by atoms with E-state index in [0.29, 0.717) is 12.4 Å². The molecule has 0 bridgehead atoms. The Morgan fingerprint density at radius 1 is 1.08 bits per heavy atom. The third-order valence-electron chi connectivity index (χ3n) is 4.36. The van der Waals surface area contributed by atoms with E-state index in [4.69, 9.17) is 10.5 Å². The minimum Gasteiger partial charge on any atom is -0.493 e. The number of ether oxygens (including phenoxy) is 1. The van der Waals surface area contributed by atoms with Gasteiger partial charge >= 0.3 is 5.95 Å². The van der Waals surface area contributed by atoms with Crippen molar-refractivity contribution in [3.8, 4) is 5.75 Å². The van der Waals surface area contributed by atoms with Crippen molar-refractivity contribution in [1.82, 2.24) is 4.57 Å². The predicted octanol–water partition coefficient (Wildman–Crippen LogP) is 3.92. The summed E-state index contributed by atoms with van der Waals surface area (Å²) in [4.78, 5) is 0. The maximum atomic E-state index is 12.9. The monoisotopic (exact) mass is 342 g/mol. The first-order chi connectivity index (χ1) is 12.2. The molecule has 4 nitrogen and oxygen atoms in total. The molecule has 0 unspecified atom stereocenters. The van der Waals surface area contributed by atoms with Gasteiger partial charge in [0.25, 0.3) is 0 Å².